The van der Waals surface area contributed by atoms with Crippen molar-refractivity contribution in [1.82, 2.24) is 5.32 Å². The third kappa shape index (κ3) is 3.88. The van der Waals surface area contributed by atoms with Crippen LogP contribution in [-0.4, -0.2) is 26.7 Å². The van der Waals surface area contributed by atoms with E-state index in [0.29, 0.717) is 5.75 Å². The zero-order valence-electron chi connectivity index (χ0n) is 9.25. The zero-order valence-corrected chi connectivity index (χ0v) is 11.4. The summed E-state index contributed by atoms with van der Waals surface area (Å²) in [5.41, 5.74) is 1.10. The molecular formula is C11H14INO3. The number of nitrogens with one attached hydrogen (secondary N) is 1. The lowest BCUT2D eigenvalue weighted by molar-refractivity contribution is -0.122. The van der Waals surface area contributed by atoms with Gasteiger partial charge in [0.1, 0.15) is 11.5 Å². The van der Waals surface area contributed by atoms with E-state index in [1.807, 2.05) is 12.1 Å². The van der Waals surface area contributed by atoms with Crippen molar-refractivity contribution in [2.75, 3.05) is 20.8 Å². The van der Waals surface area contributed by atoms with Gasteiger partial charge >= 0.3 is 0 Å². The Balaban J connectivity index is 2.74. The molecule has 0 saturated heterocycles. The lowest BCUT2D eigenvalue weighted by atomic mass is 10.2. The highest BCUT2D eigenvalue weighted by Crippen LogP contribution is 2.24. The van der Waals surface area contributed by atoms with Crippen LogP contribution in [0.15, 0.2) is 18.2 Å². The first-order valence-electron chi connectivity index (χ1n) is 4.77. The number of ether oxygens (including phenoxy) is 2. The van der Waals surface area contributed by atoms with E-state index in [-0.39, 0.29) is 12.5 Å². The maximum Gasteiger partial charge on any atom is 0.257 e. The number of hydrogen-bond donors (Lipinski definition) is 1. The molecule has 0 heterocycles. The Morgan fingerprint density at radius 1 is 1.38 bits per heavy atom. The third-order valence-corrected chi connectivity index (χ3v) is 2.86. The minimum Gasteiger partial charge on any atom is -0.497 e. The van der Waals surface area contributed by atoms with Gasteiger partial charge in [-0.1, -0.05) is 22.6 Å². The van der Waals surface area contributed by atoms with E-state index >= 15 is 0 Å². The summed E-state index contributed by atoms with van der Waals surface area (Å²) < 4.78 is 11.4. The van der Waals surface area contributed by atoms with Gasteiger partial charge in [-0.05, 0) is 17.7 Å². The van der Waals surface area contributed by atoms with Crippen molar-refractivity contribution in [1.29, 1.82) is 0 Å². The fraction of sp³-hybridized carbons (Fsp3) is 0.364. The molecule has 5 heteroatoms. The second kappa shape index (κ2) is 6.57. The van der Waals surface area contributed by atoms with Gasteiger partial charge in [-0.25, -0.2) is 0 Å². The minimum atomic E-state index is -0.154. The van der Waals surface area contributed by atoms with Crippen LogP contribution in [0, 0.1) is 0 Å². The maximum atomic E-state index is 11.0. The SMILES string of the molecule is CNC(=O)COc1cc(CI)cc(OC)c1. The molecule has 0 spiro atoms. The third-order valence-electron chi connectivity index (χ3n) is 1.98. The van der Waals surface area contributed by atoms with Crippen LogP contribution in [-0.2, 0) is 9.22 Å². The van der Waals surface area contributed by atoms with E-state index in [1.165, 1.54) is 0 Å². The zero-order chi connectivity index (χ0) is 12.0. The normalized spacial score (nSPS) is 9.69. The first-order valence-corrected chi connectivity index (χ1v) is 6.29. The predicted octanol–water partition coefficient (Wildman–Crippen LogP) is 1.75. The molecule has 1 rings (SSSR count). The van der Waals surface area contributed by atoms with Gasteiger partial charge in [-0.15, -0.1) is 0 Å². The van der Waals surface area contributed by atoms with Crippen molar-refractivity contribution in [2.45, 2.75) is 4.43 Å². The highest BCUT2D eigenvalue weighted by Gasteiger charge is 2.04. The molecule has 0 fully saturated rings. The summed E-state index contributed by atoms with van der Waals surface area (Å²) in [6, 6.07) is 5.61. The molecule has 1 aromatic rings. The molecule has 4 nitrogen and oxygen atoms in total. The standard InChI is InChI=1S/C11H14INO3/c1-13-11(14)7-16-10-4-8(6-12)3-9(5-10)15-2/h3-5H,6-7H2,1-2H3,(H,13,14). The van der Waals surface area contributed by atoms with Crippen LogP contribution in [0.3, 0.4) is 0 Å². The van der Waals surface area contributed by atoms with Crippen molar-refractivity contribution in [3.05, 3.63) is 23.8 Å². The van der Waals surface area contributed by atoms with Gasteiger partial charge < -0.3 is 14.8 Å². The van der Waals surface area contributed by atoms with Crippen LogP contribution >= 0.6 is 22.6 Å². The number of carbonyl (C=O) groups excluding carboxylic acids is 1. The quantitative estimate of drug-likeness (QED) is 0.659. The number of methoxy groups -OCH3 is 1. The average molecular weight is 335 g/mol. The number of hydrogen-bond acceptors (Lipinski definition) is 3. The van der Waals surface area contributed by atoms with Crippen LogP contribution < -0.4 is 14.8 Å². The van der Waals surface area contributed by atoms with Crippen molar-refractivity contribution in [3.63, 3.8) is 0 Å². The maximum absolute atomic E-state index is 11.0. The molecule has 0 atom stereocenters. The van der Waals surface area contributed by atoms with Crippen LogP contribution in [0.2, 0.25) is 0 Å². The van der Waals surface area contributed by atoms with E-state index in [9.17, 15) is 4.79 Å². The largest absolute Gasteiger partial charge is 0.497 e. The Morgan fingerprint density at radius 3 is 2.62 bits per heavy atom. The summed E-state index contributed by atoms with van der Waals surface area (Å²) in [5, 5.41) is 2.50. The predicted molar refractivity (Wildman–Crippen MR) is 70.3 cm³/mol. The molecule has 1 aromatic carbocycles. The van der Waals surface area contributed by atoms with Crippen molar-refractivity contribution >= 4 is 28.5 Å². The number of rotatable bonds is 5. The van der Waals surface area contributed by atoms with E-state index < -0.39 is 0 Å². The summed E-state index contributed by atoms with van der Waals surface area (Å²) in [6.07, 6.45) is 0. The highest BCUT2D eigenvalue weighted by molar-refractivity contribution is 14.1. The fourth-order valence-electron chi connectivity index (χ4n) is 1.13. The summed E-state index contributed by atoms with van der Waals surface area (Å²) in [4.78, 5) is 11.0. The van der Waals surface area contributed by atoms with E-state index in [4.69, 9.17) is 9.47 Å². The van der Waals surface area contributed by atoms with Gasteiger partial charge in [0, 0.05) is 17.5 Å². The molecule has 0 aliphatic heterocycles. The molecule has 1 N–H and O–H groups in total. The van der Waals surface area contributed by atoms with Gasteiger partial charge in [-0.2, -0.15) is 0 Å². The van der Waals surface area contributed by atoms with Crippen LogP contribution in [0.1, 0.15) is 5.56 Å². The number of benzene rings is 1. The molecule has 0 unspecified atom stereocenters. The lowest BCUT2D eigenvalue weighted by Crippen LogP contribution is -2.24. The molecule has 0 aromatic heterocycles. The second-order valence-corrected chi connectivity index (χ2v) is 3.88. The number of halogens is 1. The molecule has 1 amide bonds. The molecule has 0 aliphatic carbocycles. The second-order valence-electron chi connectivity index (χ2n) is 3.11. The van der Waals surface area contributed by atoms with E-state index in [1.54, 1.807) is 20.2 Å². The number of alkyl halides is 1. The molecule has 88 valence electrons. The topological polar surface area (TPSA) is 47.6 Å². The summed E-state index contributed by atoms with van der Waals surface area (Å²) in [7, 11) is 3.18. The Bertz CT molecular complexity index is 346. The van der Waals surface area contributed by atoms with E-state index in [0.717, 1.165) is 15.7 Å². The molecule has 16 heavy (non-hydrogen) atoms. The van der Waals surface area contributed by atoms with Crippen molar-refractivity contribution < 1.29 is 14.3 Å². The first-order chi connectivity index (χ1) is 7.69. The summed E-state index contributed by atoms with van der Waals surface area (Å²) >= 11 is 2.26. The molecule has 0 aliphatic rings. The average Bonchev–Trinajstić information content (AvgIpc) is 2.35. The Morgan fingerprint density at radius 2 is 2.06 bits per heavy atom. The Labute approximate surface area is 108 Å². The highest BCUT2D eigenvalue weighted by atomic mass is 127. The smallest absolute Gasteiger partial charge is 0.257 e. The van der Waals surface area contributed by atoms with Gasteiger partial charge in [0.2, 0.25) is 0 Å². The molecule has 0 bridgehead atoms. The van der Waals surface area contributed by atoms with Gasteiger partial charge in [-0.3, -0.25) is 4.79 Å². The monoisotopic (exact) mass is 335 g/mol. The van der Waals surface area contributed by atoms with Crippen molar-refractivity contribution in [3.8, 4) is 11.5 Å². The Hall–Kier alpha value is -0.980. The summed E-state index contributed by atoms with van der Waals surface area (Å²) in [5.74, 6) is 1.23. The van der Waals surface area contributed by atoms with Crippen LogP contribution in [0.5, 0.6) is 11.5 Å². The Kier molecular flexibility index (Phi) is 5.37. The van der Waals surface area contributed by atoms with Crippen molar-refractivity contribution in [2.24, 2.45) is 0 Å². The molecule has 0 saturated carbocycles. The van der Waals surface area contributed by atoms with Crippen LogP contribution in [0.25, 0.3) is 0 Å². The van der Waals surface area contributed by atoms with Crippen LogP contribution in [0.4, 0.5) is 0 Å². The number of amides is 1. The first kappa shape index (κ1) is 13.1. The van der Waals surface area contributed by atoms with Gasteiger partial charge in [0.15, 0.2) is 6.61 Å². The number of carbonyl (C=O) groups is 1. The minimum absolute atomic E-state index is 0.0182. The fourth-order valence-corrected chi connectivity index (χ4v) is 1.57. The summed E-state index contributed by atoms with van der Waals surface area (Å²) in [6.45, 7) is 0.0182. The van der Waals surface area contributed by atoms with E-state index in [2.05, 4.69) is 27.9 Å². The van der Waals surface area contributed by atoms with Gasteiger partial charge in [0.05, 0.1) is 7.11 Å². The lowest BCUT2D eigenvalue weighted by Gasteiger charge is -2.09. The molecular weight excluding hydrogens is 321 g/mol. The molecule has 0 radical (unpaired) electrons. The number of likely N-dealkylation sites (N-methyl/N-ethyl adjacent to an activating group) is 1. The van der Waals surface area contributed by atoms with Gasteiger partial charge in [0.25, 0.3) is 5.91 Å².